The van der Waals surface area contributed by atoms with Crippen LogP contribution in [0.4, 0.5) is 0 Å². The third kappa shape index (κ3) is 1.81. The Labute approximate surface area is 95.2 Å². The molecule has 2 aromatic rings. The molecular weight excluding hydrogens is 226 g/mol. The van der Waals surface area contributed by atoms with Crippen LogP contribution in [-0.2, 0) is 6.54 Å². The number of nitriles is 1. The fraction of sp³-hybridized carbons (Fsp3) is 0.100. The molecule has 0 fully saturated rings. The van der Waals surface area contributed by atoms with Gasteiger partial charge in [-0.25, -0.2) is 4.79 Å². The van der Waals surface area contributed by atoms with Crippen molar-refractivity contribution in [2.75, 3.05) is 0 Å². The van der Waals surface area contributed by atoms with Gasteiger partial charge < -0.3 is 5.11 Å². The van der Waals surface area contributed by atoms with E-state index in [4.69, 9.17) is 10.4 Å². The maximum atomic E-state index is 11.0. The molecule has 2 heterocycles. The van der Waals surface area contributed by atoms with Gasteiger partial charge in [-0.2, -0.15) is 10.4 Å². The third-order valence-electron chi connectivity index (χ3n) is 1.98. The fourth-order valence-electron chi connectivity index (χ4n) is 1.33. The first kappa shape index (κ1) is 10.4. The van der Waals surface area contributed by atoms with Crippen LogP contribution in [0.15, 0.2) is 23.7 Å². The second-order valence-electron chi connectivity index (χ2n) is 3.03. The van der Waals surface area contributed by atoms with E-state index in [2.05, 4.69) is 5.10 Å². The highest BCUT2D eigenvalue weighted by Crippen LogP contribution is 2.26. The van der Waals surface area contributed by atoms with Crippen LogP contribution in [0.25, 0.3) is 10.6 Å². The van der Waals surface area contributed by atoms with E-state index in [0.717, 1.165) is 4.88 Å². The number of aromatic nitrogens is 2. The minimum absolute atomic E-state index is 0.0473. The first-order valence-electron chi connectivity index (χ1n) is 4.44. The van der Waals surface area contributed by atoms with Crippen LogP contribution in [-0.4, -0.2) is 20.9 Å². The molecular formula is C10H7N3O2S. The second-order valence-corrected chi connectivity index (χ2v) is 3.98. The maximum Gasteiger partial charge on any atom is 0.339 e. The van der Waals surface area contributed by atoms with E-state index in [9.17, 15) is 4.79 Å². The number of nitrogens with zero attached hydrogens (tertiary/aromatic N) is 3. The van der Waals surface area contributed by atoms with Crippen LogP contribution in [0.5, 0.6) is 0 Å². The summed E-state index contributed by atoms with van der Waals surface area (Å²) < 4.78 is 1.33. The lowest BCUT2D eigenvalue weighted by molar-refractivity contribution is 0.0697. The zero-order valence-electron chi connectivity index (χ0n) is 8.12. The summed E-state index contributed by atoms with van der Waals surface area (Å²) >= 11 is 1.42. The van der Waals surface area contributed by atoms with Crippen molar-refractivity contribution in [3.05, 3.63) is 29.3 Å². The summed E-state index contributed by atoms with van der Waals surface area (Å²) in [7, 11) is 0. The van der Waals surface area contributed by atoms with Crippen LogP contribution >= 0.6 is 11.3 Å². The van der Waals surface area contributed by atoms with Crippen molar-refractivity contribution >= 4 is 17.3 Å². The normalized spacial score (nSPS) is 9.94. The molecule has 0 saturated heterocycles. The highest BCUT2D eigenvalue weighted by atomic mass is 32.1. The van der Waals surface area contributed by atoms with Crippen LogP contribution in [0.2, 0.25) is 0 Å². The van der Waals surface area contributed by atoms with Crippen molar-refractivity contribution in [1.82, 2.24) is 9.78 Å². The van der Waals surface area contributed by atoms with Gasteiger partial charge in [0.2, 0.25) is 0 Å². The molecule has 0 aromatic carbocycles. The Bertz CT molecular complexity index is 551. The predicted molar refractivity (Wildman–Crippen MR) is 58.1 cm³/mol. The summed E-state index contributed by atoms with van der Waals surface area (Å²) in [5.74, 6) is -1.03. The quantitative estimate of drug-likeness (QED) is 0.877. The zero-order valence-corrected chi connectivity index (χ0v) is 8.94. The number of carbonyl (C=O) groups is 1. The lowest BCUT2D eigenvalue weighted by Gasteiger charge is -1.92. The summed E-state index contributed by atoms with van der Waals surface area (Å²) in [5.41, 5.74) is 0.537. The Hall–Kier alpha value is -2.13. The molecule has 0 bridgehead atoms. The van der Waals surface area contributed by atoms with Crippen molar-refractivity contribution < 1.29 is 9.90 Å². The average Bonchev–Trinajstić information content (AvgIpc) is 2.83. The molecule has 2 aromatic heterocycles. The minimum Gasteiger partial charge on any atom is -0.478 e. The van der Waals surface area contributed by atoms with Crippen LogP contribution < -0.4 is 0 Å². The number of carboxylic acid groups (broad SMARTS) is 1. The SMILES string of the molecule is N#CCn1cc(C(=O)O)c(-c2cccs2)n1. The molecule has 6 heteroatoms. The second kappa shape index (κ2) is 4.16. The van der Waals surface area contributed by atoms with E-state index in [0.29, 0.717) is 5.69 Å². The van der Waals surface area contributed by atoms with Gasteiger partial charge >= 0.3 is 5.97 Å². The van der Waals surface area contributed by atoms with Gasteiger partial charge in [0.05, 0.1) is 10.9 Å². The first-order chi connectivity index (χ1) is 7.72. The summed E-state index contributed by atoms with van der Waals surface area (Å²) in [5, 5.41) is 23.5. The molecule has 0 unspecified atom stereocenters. The molecule has 0 aliphatic carbocycles. The zero-order chi connectivity index (χ0) is 11.5. The Kier molecular flexibility index (Phi) is 2.70. The summed E-state index contributed by atoms with van der Waals surface area (Å²) in [6, 6.07) is 5.55. The Morgan fingerprint density at radius 2 is 2.50 bits per heavy atom. The predicted octanol–water partition coefficient (Wildman–Crippen LogP) is 1.83. The number of carboxylic acids is 1. The average molecular weight is 233 g/mol. The van der Waals surface area contributed by atoms with Gasteiger partial charge in [0.1, 0.15) is 17.8 Å². The first-order valence-corrected chi connectivity index (χ1v) is 5.32. The van der Waals surface area contributed by atoms with E-state index in [-0.39, 0.29) is 12.1 Å². The molecule has 0 radical (unpaired) electrons. The van der Waals surface area contributed by atoms with E-state index < -0.39 is 5.97 Å². The molecule has 1 N–H and O–H groups in total. The molecule has 80 valence electrons. The van der Waals surface area contributed by atoms with E-state index in [1.165, 1.54) is 22.2 Å². The lowest BCUT2D eigenvalue weighted by Crippen LogP contribution is -1.96. The number of thiophene rings is 1. The molecule has 0 aliphatic heterocycles. The standard InChI is InChI=1S/C10H7N3O2S/c11-3-4-13-6-7(10(14)15)9(12-13)8-2-1-5-16-8/h1-2,5-6H,4H2,(H,14,15). The van der Waals surface area contributed by atoms with Gasteiger partial charge in [0, 0.05) is 6.20 Å². The van der Waals surface area contributed by atoms with Crippen molar-refractivity contribution in [3.63, 3.8) is 0 Å². The molecule has 0 amide bonds. The largest absolute Gasteiger partial charge is 0.478 e. The van der Waals surface area contributed by atoms with Crippen LogP contribution in [0.3, 0.4) is 0 Å². The smallest absolute Gasteiger partial charge is 0.339 e. The minimum atomic E-state index is -1.03. The Morgan fingerprint density at radius 1 is 1.69 bits per heavy atom. The van der Waals surface area contributed by atoms with Crippen molar-refractivity contribution in [1.29, 1.82) is 5.26 Å². The highest BCUT2D eigenvalue weighted by molar-refractivity contribution is 7.13. The van der Waals surface area contributed by atoms with Crippen molar-refractivity contribution in [2.45, 2.75) is 6.54 Å². The maximum absolute atomic E-state index is 11.0. The molecule has 0 spiro atoms. The number of hydrogen-bond acceptors (Lipinski definition) is 4. The lowest BCUT2D eigenvalue weighted by atomic mass is 10.2. The number of aromatic carboxylic acids is 1. The van der Waals surface area contributed by atoms with Gasteiger partial charge in [-0.05, 0) is 11.4 Å². The summed E-state index contributed by atoms with van der Waals surface area (Å²) in [6.45, 7) is 0.0473. The van der Waals surface area contributed by atoms with Gasteiger partial charge in [-0.1, -0.05) is 6.07 Å². The fourth-order valence-corrected chi connectivity index (χ4v) is 2.05. The monoisotopic (exact) mass is 233 g/mol. The van der Waals surface area contributed by atoms with Gasteiger partial charge in [0.25, 0.3) is 0 Å². The topological polar surface area (TPSA) is 78.9 Å². The molecule has 16 heavy (non-hydrogen) atoms. The van der Waals surface area contributed by atoms with E-state index in [1.807, 2.05) is 17.5 Å². The molecule has 0 atom stereocenters. The Balaban J connectivity index is 2.51. The summed E-state index contributed by atoms with van der Waals surface area (Å²) in [4.78, 5) is 11.8. The Morgan fingerprint density at radius 3 is 3.06 bits per heavy atom. The van der Waals surface area contributed by atoms with Crippen LogP contribution in [0.1, 0.15) is 10.4 Å². The van der Waals surface area contributed by atoms with Crippen molar-refractivity contribution in [2.24, 2.45) is 0 Å². The molecule has 5 nitrogen and oxygen atoms in total. The van der Waals surface area contributed by atoms with Crippen molar-refractivity contribution in [3.8, 4) is 16.6 Å². The van der Waals surface area contributed by atoms with E-state index >= 15 is 0 Å². The molecule has 2 rings (SSSR count). The third-order valence-corrected chi connectivity index (χ3v) is 2.86. The van der Waals surface area contributed by atoms with Gasteiger partial charge in [-0.15, -0.1) is 11.3 Å². The summed E-state index contributed by atoms with van der Waals surface area (Å²) in [6.07, 6.45) is 1.38. The van der Waals surface area contributed by atoms with Gasteiger partial charge in [0.15, 0.2) is 0 Å². The number of rotatable bonds is 3. The van der Waals surface area contributed by atoms with Crippen LogP contribution in [0, 0.1) is 11.3 Å². The van der Waals surface area contributed by atoms with Gasteiger partial charge in [-0.3, -0.25) is 4.68 Å². The number of hydrogen-bond donors (Lipinski definition) is 1. The van der Waals surface area contributed by atoms with E-state index in [1.54, 1.807) is 6.07 Å². The molecule has 0 aliphatic rings. The molecule has 0 saturated carbocycles. The highest BCUT2D eigenvalue weighted by Gasteiger charge is 2.17.